The van der Waals surface area contributed by atoms with Gasteiger partial charge in [0.2, 0.25) is 0 Å². The lowest BCUT2D eigenvalue weighted by Crippen LogP contribution is -2.33. The van der Waals surface area contributed by atoms with Gasteiger partial charge in [0, 0.05) is 0 Å². The molecule has 1 aliphatic rings. The summed E-state index contributed by atoms with van der Waals surface area (Å²) in [6, 6.07) is 0. The first-order valence-electron chi connectivity index (χ1n) is 4.41. The van der Waals surface area contributed by atoms with Crippen molar-refractivity contribution in [1.82, 2.24) is 4.90 Å². The number of ether oxygens (including phenoxy) is 1. The summed E-state index contributed by atoms with van der Waals surface area (Å²) in [7, 11) is 0. The lowest BCUT2D eigenvalue weighted by Gasteiger charge is -2.20. The van der Waals surface area contributed by atoms with Crippen LogP contribution in [0.2, 0.25) is 0 Å². The fourth-order valence-electron chi connectivity index (χ4n) is 1.04. The highest BCUT2D eigenvalue weighted by atomic mass is 16.6. The van der Waals surface area contributed by atoms with Gasteiger partial charge in [-0.05, 0) is 27.7 Å². The topological polar surface area (TPSA) is 66.6 Å². The molecule has 1 atom stereocenters. The molecule has 1 fully saturated rings. The summed E-state index contributed by atoms with van der Waals surface area (Å²) in [5.74, 6) is -0.997. The van der Waals surface area contributed by atoms with Crippen LogP contribution in [0.25, 0.3) is 0 Å². The maximum Gasteiger partial charge on any atom is 0.411 e. The SMILES string of the molecule is CC(C)(C)OC(=O)N1C[C@@]1(C)C(=O)O. The van der Waals surface area contributed by atoms with Gasteiger partial charge in [0.25, 0.3) is 0 Å². The maximum atomic E-state index is 11.4. The van der Waals surface area contributed by atoms with Gasteiger partial charge in [0.15, 0.2) is 5.54 Å². The van der Waals surface area contributed by atoms with E-state index in [1.54, 1.807) is 20.8 Å². The smallest absolute Gasteiger partial charge is 0.411 e. The number of aliphatic carboxylic acids is 1. The molecule has 0 radical (unpaired) electrons. The Balaban J connectivity index is 2.56. The first-order valence-corrected chi connectivity index (χ1v) is 4.41. The molecule has 0 aromatic carbocycles. The molecule has 0 aromatic rings. The molecule has 5 heteroatoms. The summed E-state index contributed by atoms with van der Waals surface area (Å²) >= 11 is 0. The second kappa shape index (κ2) is 2.87. The normalized spacial score (nSPS) is 25.9. The van der Waals surface area contributed by atoms with Crippen LogP contribution in [0.5, 0.6) is 0 Å². The molecule has 1 heterocycles. The third kappa shape index (κ3) is 1.97. The van der Waals surface area contributed by atoms with Gasteiger partial charge in [-0.25, -0.2) is 9.59 Å². The molecule has 1 N–H and O–H groups in total. The summed E-state index contributed by atoms with van der Waals surface area (Å²) in [5.41, 5.74) is -1.65. The molecule has 1 rings (SSSR count). The highest BCUT2D eigenvalue weighted by Gasteiger charge is 2.58. The maximum absolute atomic E-state index is 11.4. The zero-order valence-electron chi connectivity index (χ0n) is 8.83. The monoisotopic (exact) mass is 201 g/mol. The van der Waals surface area contributed by atoms with Gasteiger partial charge in [0.05, 0.1) is 6.54 Å². The van der Waals surface area contributed by atoms with E-state index in [1.807, 2.05) is 0 Å². The molecule has 5 nitrogen and oxygen atoms in total. The van der Waals surface area contributed by atoms with Gasteiger partial charge in [-0.15, -0.1) is 0 Å². The van der Waals surface area contributed by atoms with Gasteiger partial charge < -0.3 is 9.84 Å². The summed E-state index contributed by atoms with van der Waals surface area (Å²) in [6.07, 6.45) is -0.567. The summed E-state index contributed by atoms with van der Waals surface area (Å²) in [6.45, 7) is 6.95. The predicted octanol–water partition coefficient (Wildman–Crippen LogP) is 1.08. The Bertz CT molecular complexity index is 281. The van der Waals surface area contributed by atoms with Crippen LogP contribution in [0.1, 0.15) is 27.7 Å². The predicted molar refractivity (Wildman–Crippen MR) is 49.0 cm³/mol. The summed E-state index contributed by atoms with van der Waals surface area (Å²) < 4.78 is 5.03. The van der Waals surface area contributed by atoms with Gasteiger partial charge >= 0.3 is 12.1 Å². The molecular weight excluding hydrogens is 186 g/mol. The van der Waals surface area contributed by atoms with Crippen molar-refractivity contribution < 1.29 is 19.4 Å². The minimum absolute atomic E-state index is 0.219. The highest BCUT2D eigenvalue weighted by Crippen LogP contribution is 2.33. The van der Waals surface area contributed by atoms with E-state index < -0.39 is 23.2 Å². The number of carboxylic acid groups (broad SMARTS) is 1. The molecule has 0 unspecified atom stereocenters. The first kappa shape index (κ1) is 10.8. The van der Waals surface area contributed by atoms with E-state index in [1.165, 1.54) is 11.8 Å². The van der Waals surface area contributed by atoms with Crippen LogP contribution in [0.4, 0.5) is 4.79 Å². The third-order valence-electron chi connectivity index (χ3n) is 2.03. The molecule has 0 bridgehead atoms. The van der Waals surface area contributed by atoms with Crippen molar-refractivity contribution in [2.24, 2.45) is 0 Å². The summed E-state index contributed by atoms with van der Waals surface area (Å²) in [5, 5.41) is 8.78. The average Bonchev–Trinajstić information content (AvgIpc) is 2.60. The van der Waals surface area contributed by atoms with Gasteiger partial charge in [0.1, 0.15) is 5.60 Å². The lowest BCUT2D eigenvalue weighted by molar-refractivity contribution is -0.140. The fraction of sp³-hybridized carbons (Fsp3) is 0.778. The number of hydrogen-bond acceptors (Lipinski definition) is 3. The standard InChI is InChI=1S/C9H15NO4/c1-8(2,3)14-7(13)10-5-9(10,4)6(11)12/h5H2,1-4H3,(H,11,12)/t9-,10?/m0/s1. The molecule has 1 aliphatic heterocycles. The number of carbonyl (C=O) groups is 2. The van der Waals surface area contributed by atoms with Crippen LogP contribution in [0.3, 0.4) is 0 Å². The summed E-state index contributed by atoms with van der Waals surface area (Å²) in [4.78, 5) is 23.3. The highest BCUT2D eigenvalue weighted by molar-refractivity contribution is 5.90. The van der Waals surface area contributed by atoms with Crippen molar-refractivity contribution >= 4 is 12.1 Å². The molecule has 14 heavy (non-hydrogen) atoms. The molecule has 0 spiro atoms. The van der Waals surface area contributed by atoms with E-state index in [2.05, 4.69) is 0 Å². The minimum Gasteiger partial charge on any atom is -0.479 e. The van der Waals surface area contributed by atoms with Crippen molar-refractivity contribution in [2.45, 2.75) is 38.8 Å². The van der Waals surface area contributed by atoms with Crippen molar-refractivity contribution in [3.63, 3.8) is 0 Å². The quantitative estimate of drug-likeness (QED) is 0.644. The van der Waals surface area contributed by atoms with E-state index in [4.69, 9.17) is 9.84 Å². The van der Waals surface area contributed by atoms with Crippen LogP contribution in [0.15, 0.2) is 0 Å². The number of carboxylic acids is 1. The Hall–Kier alpha value is -1.26. The molecule has 0 aliphatic carbocycles. The van der Waals surface area contributed by atoms with Crippen molar-refractivity contribution in [3.05, 3.63) is 0 Å². The average molecular weight is 201 g/mol. The van der Waals surface area contributed by atoms with Crippen molar-refractivity contribution in [2.75, 3.05) is 6.54 Å². The number of nitrogens with zero attached hydrogens (tertiary/aromatic N) is 1. The first-order chi connectivity index (χ1) is 6.17. The molecule has 80 valence electrons. The van der Waals surface area contributed by atoms with E-state index >= 15 is 0 Å². The molecule has 0 saturated carbocycles. The van der Waals surface area contributed by atoms with Crippen LogP contribution >= 0.6 is 0 Å². The zero-order chi connectivity index (χ0) is 11.1. The second-order valence-electron chi connectivity index (χ2n) is 4.65. The molecule has 1 amide bonds. The Labute approximate surface area is 82.6 Å². The number of rotatable bonds is 1. The van der Waals surface area contributed by atoms with Gasteiger partial charge in [-0.2, -0.15) is 0 Å². The van der Waals surface area contributed by atoms with Gasteiger partial charge in [-0.1, -0.05) is 0 Å². The Morgan fingerprint density at radius 3 is 2.21 bits per heavy atom. The number of hydrogen-bond donors (Lipinski definition) is 1. The van der Waals surface area contributed by atoms with Crippen LogP contribution in [0, 0.1) is 0 Å². The van der Waals surface area contributed by atoms with Crippen molar-refractivity contribution in [1.29, 1.82) is 0 Å². The fourth-order valence-corrected chi connectivity index (χ4v) is 1.04. The van der Waals surface area contributed by atoms with Crippen LogP contribution < -0.4 is 0 Å². The van der Waals surface area contributed by atoms with Crippen molar-refractivity contribution in [3.8, 4) is 0 Å². The van der Waals surface area contributed by atoms with E-state index in [9.17, 15) is 9.59 Å². The Morgan fingerprint density at radius 1 is 1.43 bits per heavy atom. The van der Waals surface area contributed by atoms with Crippen LogP contribution in [-0.2, 0) is 9.53 Å². The lowest BCUT2D eigenvalue weighted by atomic mass is 10.2. The van der Waals surface area contributed by atoms with Gasteiger partial charge in [-0.3, -0.25) is 4.90 Å². The largest absolute Gasteiger partial charge is 0.479 e. The molecule has 1 saturated heterocycles. The van der Waals surface area contributed by atoms with E-state index in [-0.39, 0.29) is 6.54 Å². The molecular formula is C9H15NO4. The Morgan fingerprint density at radius 2 is 1.93 bits per heavy atom. The molecule has 0 aromatic heterocycles. The minimum atomic E-state index is -1.07. The number of carbonyl (C=O) groups excluding carboxylic acids is 1. The van der Waals surface area contributed by atoms with E-state index in [0.717, 1.165) is 0 Å². The Kier molecular flexibility index (Phi) is 2.21. The zero-order valence-corrected chi connectivity index (χ0v) is 8.83. The third-order valence-corrected chi connectivity index (χ3v) is 2.03. The van der Waals surface area contributed by atoms with Crippen LogP contribution in [-0.4, -0.2) is 39.8 Å². The second-order valence-corrected chi connectivity index (χ2v) is 4.65. The number of amides is 1. The van der Waals surface area contributed by atoms with E-state index in [0.29, 0.717) is 0 Å².